The molecule has 0 heterocycles. The number of nitrogens with one attached hydrogen (secondary N) is 3. The summed E-state index contributed by atoms with van der Waals surface area (Å²) < 4.78 is 0. The number of anilines is 1. The van der Waals surface area contributed by atoms with E-state index >= 15 is 0 Å². The zero-order chi connectivity index (χ0) is 15.5. The second-order valence-electron chi connectivity index (χ2n) is 4.91. The van der Waals surface area contributed by atoms with E-state index in [9.17, 15) is 9.59 Å². The fraction of sp³-hybridized carbons (Fsp3) is 0.500. The molecule has 0 saturated carbocycles. The lowest BCUT2D eigenvalue weighted by Crippen LogP contribution is -2.28. The van der Waals surface area contributed by atoms with Crippen LogP contribution in [0.15, 0.2) is 24.3 Å². The first-order valence-electron chi connectivity index (χ1n) is 7.56. The van der Waals surface area contributed by atoms with Gasteiger partial charge in [0.1, 0.15) is 0 Å². The molecule has 116 valence electrons. The van der Waals surface area contributed by atoms with Gasteiger partial charge < -0.3 is 16.0 Å². The van der Waals surface area contributed by atoms with Crippen LogP contribution in [-0.2, 0) is 4.79 Å². The van der Waals surface area contributed by atoms with Crippen molar-refractivity contribution in [2.45, 2.75) is 33.1 Å². The zero-order valence-corrected chi connectivity index (χ0v) is 12.9. The van der Waals surface area contributed by atoms with Crippen molar-refractivity contribution in [3.05, 3.63) is 29.8 Å². The lowest BCUT2D eigenvalue weighted by molar-refractivity contribution is -0.115. The number of hydrogen-bond donors (Lipinski definition) is 3. The first-order chi connectivity index (χ1) is 10.2. The smallest absolute Gasteiger partial charge is 0.251 e. The van der Waals surface area contributed by atoms with Crippen LogP contribution in [0.4, 0.5) is 5.69 Å². The van der Waals surface area contributed by atoms with Gasteiger partial charge >= 0.3 is 0 Å². The highest BCUT2D eigenvalue weighted by Crippen LogP contribution is 2.09. The van der Waals surface area contributed by atoms with Gasteiger partial charge in [-0.3, -0.25) is 9.59 Å². The largest absolute Gasteiger partial charge is 0.352 e. The molecule has 3 N–H and O–H groups in total. The summed E-state index contributed by atoms with van der Waals surface area (Å²) in [4.78, 5) is 23.4. The first-order valence-corrected chi connectivity index (χ1v) is 7.56. The fourth-order valence-corrected chi connectivity index (χ4v) is 1.75. The number of benzene rings is 1. The Morgan fingerprint density at radius 1 is 1.00 bits per heavy atom. The van der Waals surface area contributed by atoms with Gasteiger partial charge in [-0.2, -0.15) is 0 Å². The molecule has 0 saturated heterocycles. The molecule has 21 heavy (non-hydrogen) atoms. The van der Waals surface area contributed by atoms with Crippen LogP contribution < -0.4 is 16.0 Å². The maximum atomic E-state index is 11.7. The molecule has 0 radical (unpaired) electrons. The monoisotopic (exact) mass is 291 g/mol. The molecule has 1 aromatic rings. The summed E-state index contributed by atoms with van der Waals surface area (Å²) in [5.41, 5.74) is 1.30. The molecule has 0 fully saturated rings. The molecule has 0 aliphatic heterocycles. The van der Waals surface area contributed by atoms with Gasteiger partial charge in [-0.1, -0.05) is 20.3 Å². The Labute approximate surface area is 126 Å². The van der Waals surface area contributed by atoms with E-state index in [1.165, 1.54) is 0 Å². The second kappa shape index (κ2) is 9.94. The average molecular weight is 291 g/mol. The molecular weight excluding hydrogens is 266 g/mol. The molecule has 0 unspecified atom stereocenters. The lowest BCUT2D eigenvalue weighted by Gasteiger charge is -2.08. The van der Waals surface area contributed by atoms with E-state index in [0.717, 1.165) is 25.8 Å². The van der Waals surface area contributed by atoms with E-state index in [4.69, 9.17) is 0 Å². The molecule has 0 aliphatic carbocycles. The highest BCUT2D eigenvalue weighted by molar-refractivity contribution is 5.96. The van der Waals surface area contributed by atoms with Crippen LogP contribution >= 0.6 is 0 Å². The fourth-order valence-electron chi connectivity index (χ4n) is 1.75. The summed E-state index contributed by atoms with van der Waals surface area (Å²) in [6.07, 6.45) is 3.08. The van der Waals surface area contributed by atoms with Gasteiger partial charge in [0.25, 0.3) is 5.91 Å². The molecule has 0 aromatic heterocycles. The number of amides is 2. The third kappa shape index (κ3) is 6.90. The Hall–Kier alpha value is -1.88. The minimum Gasteiger partial charge on any atom is -0.352 e. The summed E-state index contributed by atoms with van der Waals surface area (Å²) in [7, 11) is 0. The van der Waals surface area contributed by atoms with Crippen molar-refractivity contribution in [1.82, 2.24) is 10.6 Å². The molecule has 0 aliphatic rings. The standard InChI is InChI=1S/C16H25N3O2/c1-3-5-11-17-12-15(20)19-14-8-6-13(7-9-14)16(21)18-10-4-2/h6-9,17H,3-5,10-12H2,1-2H3,(H,18,21)(H,19,20). The van der Waals surface area contributed by atoms with Crippen LogP contribution in [0.3, 0.4) is 0 Å². The predicted molar refractivity (Wildman–Crippen MR) is 85.5 cm³/mol. The minimum absolute atomic E-state index is 0.0747. The molecule has 1 rings (SSSR count). The minimum atomic E-state index is -0.0871. The van der Waals surface area contributed by atoms with Crippen molar-refractivity contribution >= 4 is 17.5 Å². The summed E-state index contributed by atoms with van der Waals surface area (Å²) in [6.45, 7) is 5.94. The number of carbonyl (C=O) groups is 2. The number of carbonyl (C=O) groups excluding carboxylic acids is 2. The molecule has 0 spiro atoms. The lowest BCUT2D eigenvalue weighted by atomic mass is 10.2. The van der Waals surface area contributed by atoms with Gasteiger partial charge in [0.05, 0.1) is 6.54 Å². The van der Waals surface area contributed by atoms with Gasteiger partial charge in [-0.15, -0.1) is 0 Å². The van der Waals surface area contributed by atoms with Crippen LogP contribution in [0.1, 0.15) is 43.5 Å². The van der Waals surface area contributed by atoms with Gasteiger partial charge in [0, 0.05) is 17.8 Å². The van der Waals surface area contributed by atoms with E-state index in [-0.39, 0.29) is 11.8 Å². The van der Waals surface area contributed by atoms with Crippen LogP contribution in [0.2, 0.25) is 0 Å². The van der Waals surface area contributed by atoms with Crippen molar-refractivity contribution in [3.8, 4) is 0 Å². The SMILES string of the molecule is CCCCNCC(=O)Nc1ccc(C(=O)NCCC)cc1. The molecule has 5 nitrogen and oxygen atoms in total. The third-order valence-electron chi connectivity index (χ3n) is 2.96. The van der Waals surface area contributed by atoms with E-state index in [1.54, 1.807) is 24.3 Å². The summed E-state index contributed by atoms with van der Waals surface area (Å²) in [6, 6.07) is 6.91. The van der Waals surface area contributed by atoms with Crippen LogP contribution in [0, 0.1) is 0 Å². The summed E-state index contributed by atoms with van der Waals surface area (Å²) >= 11 is 0. The van der Waals surface area contributed by atoms with Crippen molar-refractivity contribution in [2.24, 2.45) is 0 Å². The highest BCUT2D eigenvalue weighted by atomic mass is 16.2. The molecule has 2 amide bonds. The zero-order valence-electron chi connectivity index (χ0n) is 12.9. The van der Waals surface area contributed by atoms with Gasteiger partial charge in [0.15, 0.2) is 0 Å². The van der Waals surface area contributed by atoms with Crippen molar-refractivity contribution < 1.29 is 9.59 Å². The normalized spacial score (nSPS) is 10.2. The Morgan fingerprint density at radius 3 is 2.33 bits per heavy atom. The van der Waals surface area contributed by atoms with E-state index in [0.29, 0.717) is 24.3 Å². The average Bonchev–Trinajstić information content (AvgIpc) is 2.50. The maximum absolute atomic E-state index is 11.7. The quantitative estimate of drug-likeness (QED) is 0.611. The Morgan fingerprint density at radius 2 is 1.71 bits per heavy atom. The van der Waals surface area contributed by atoms with Crippen LogP contribution in [0.25, 0.3) is 0 Å². The van der Waals surface area contributed by atoms with E-state index < -0.39 is 0 Å². The summed E-state index contributed by atoms with van der Waals surface area (Å²) in [5.74, 6) is -0.162. The van der Waals surface area contributed by atoms with Gasteiger partial charge in [-0.25, -0.2) is 0 Å². The van der Waals surface area contributed by atoms with Gasteiger partial charge in [0.2, 0.25) is 5.91 Å². The molecule has 0 bridgehead atoms. The molecule has 1 aromatic carbocycles. The molecule has 0 atom stereocenters. The van der Waals surface area contributed by atoms with E-state index in [1.807, 2.05) is 6.92 Å². The third-order valence-corrected chi connectivity index (χ3v) is 2.96. The first kappa shape index (κ1) is 17.2. The molecule has 5 heteroatoms. The Kier molecular flexibility index (Phi) is 8.12. The number of rotatable bonds is 9. The van der Waals surface area contributed by atoms with E-state index in [2.05, 4.69) is 22.9 Å². The topological polar surface area (TPSA) is 70.2 Å². The van der Waals surface area contributed by atoms with Gasteiger partial charge in [-0.05, 0) is 43.7 Å². The number of unbranched alkanes of at least 4 members (excludes halogenated alkanes) is 1. The molecular formula is C16H25N3O2. The maximum Gasteiger partial charge on any atom is 0.251 e. The van der Waals surface area contributed by atoms with Crippen LogP contribution in [0.5, 0.6) is 0 Å². The second-order valence-corrected chi connectivity index (χ2v) is 4.91. The summed E-state index contributed by atoms with van der Waals surface area (Å²) in [5, 5.41) is 8.69. The van der Waals surface area contributed by atoms with Crippen molar-refractivity contribution in [2.75, 3.05) is 25.0 Å². The van der Waals surface area contributed by atoms with Crippen LogP contribution in [-0.4, -0.2) is 31.4 Å². The highest BCUT2D eigenvalue weighted by Gasteiger charge is 2.05. The van der Waals surface area contributed by atoms with Crippen molar-refractivity contribution in [3.63, 3.8) is 0 Å². The predicted octanol–water partition coefficient (Wildman–Crippen LogP) is 2.15. The Balaban J connectivity index is 2.39. The van der Waals surface area contributed by atoms with Crippen molar-refractivity contribution in [1.29, 1.82) is 0 Å². The Bertz CT molecular complexity index is 443. The number of hydrogen-bond acceptors (Lipinski definition) is 3.